The number of alkyl halides is 3. The highest BCUT2D eigenvalue weighted by molar-refractivity contribution is 5.76. The van der Waals surface area contributed by atoms with Crippen molar-refractivity contribution in [2.75, 3.05) is 14.2 Å². The Bertz CT molecular complexity index is 1080. The first-order valence-electron chi connectivity index (χ1n) is 8.79. The summed E-state index contributed by atoms with van der Waals surface area (Å²) in [7, 11) is 3.08. The molecule has 0 spiro atoms. The van der Waals surface area contributed by atoms with E-state index in [0.717, 1.165) is 4.57 Å². The highest BCUT2D eigenvalue weighted by Gasteiger charge is 2.38. The van der Waals surface area contributed by atoms with Crippen LogP contribution in [0.5, 0.6) is 11.5 Å². The van der Waals surface area contributed by atoms with Crippen molar-refractivity contribution in [2.24, 2.45) is 0 Å². The summed E-state index contributed by atoms with van der Waals surface area (Å²) in [5.41, 5.74) is 4.77. The Morgan fingerprint density at radius 1 is 1.14 bits per heavy atom. The molecule has 1 atom stereocenters. The minimum Gasteiger partial charge on any atom is -0.497 e. The molecule has 1 N–H and O–H groups in total. The van der Waals surface area contributed by atoms with Crippen LogP contribution in [0, 0.1) is 0 Å². The van der Waals surface area contributed by atoms with Gasteiger partial charge in [-0.05, 0) is 30.3 Å². The highest BCUT2D eigenvalue weighted by Crippen LogP contribution is 2.34. The van der Waals surface area contributed by atoms with Crippen LogP contribution in [0.25, 0.3) is 16.7 Å². The number of hydroxylamine groups is 1. The summed E-state index contributed by atoms with van der Waals surface area (Å²) in [6.07, 6.45) is -3.48. The third-order valence-corrected chi connectivity index (χ3v) is 4.64. The molecule has 3 aromatic rings. The third kappa shape index (κ3) is 3.61. The van der Waals surface area contributed by atoms with Gasteiger partial charge in [0.2, 0.25) is 5.82 Å². The van der Waals surface area contributed by atoms with Gasteiger partial charge in [-0.25, -0.2) is 4.98 Å². The van der Waals surface area contributed by atoms with Crippen molar-refractivity contribution >= 4 is 16.7 Å². The van der Waals surface area contributed by atoms with Crippen molar-refractivity contribution in [1.82, 2.24) is 15.0 Å². The lowest BCUT2D eigenvalue weighted by Gasteiger charge is -2.14. The van der Waals surface area contributed by atoms with Gasteiger partial charge >= 0.3 is 6.18 Å². The Morgan fingerprint density at radius 3 is 2.66 bits per heavy atom. The fourth-order valence-corrected chi connectivity index (χ4v) is 3.31. The molecule has 0 aliphatic carbocycles. The molecule has 0 fully saturated rings. The fraction of sp³-hybridized carbons (Fsp3) is 0.250. The molecule has 0 saturated heterocycles. The lowest BCUT2D eigenvalue weighted by atomic mass is 10.1. The van der Waals surface area contributed by atoms with Crippen LogP contribution in [0.1, 0.15) is 11.4 Å². The molecular weight excluding hydrogens is 387 g/mol. The van der Waals surface area contributed by atoms with Crippen molar-refractivity contribution in [2.45, 2.75) is 18.8 Å². The smallest absolute Gasteiger partial charge is 0.449 e. The van der Waals surface area contributed by atoms with Crippen molar-refractivity contribution in [3.05, 3.63) is 59.9 Å². The van der Waals surface area contributed by atoms with Gasteiger partial charge in [-0.3, -0.25) is 10.3 Å². The zero-order valence-corrected chi connectivity index (χ0v) is 15.7. The molecule has 0 unspecified atom stereocenters. The summed E-state index contributed by atoms with van der Waals surface area (Å²) >= 11 is 0. The lowest BCUT2D eigenvalue weighted by Crippen LogP contribution is -2.22. The van der Waals surface area contributed by atoms with Crippen LogP contribution in [0.4, 0.5) is 13.2 Å². The molecule has 0 bridgehead atoms. The topological polar surface area (TPSA) is 57.5 Å². The van der Waals surface area contributed by atoms with Gasteiger partial charge in [0.25, 0.3) is 0 Å². The molecule has 2 heterocycles. The number of fused-ring (bicyclic) bond motifs is 1. The summed E-state index contributed by atoms with van der Waals surface area (Å²) < 4.78 is 52.2. The number of rotatable bonds is 5. The first-order chi connectivity index (χ1) is 13.9. The summed E-state index contributed by atoms with van der Waals surface area (Å²) in [5.74, 6) is 0.226. The predicted octanol–water partition coefficient (Wildman–Crippen LogP) is 4.02. The number of halogens is 3. The second-order valence-corrected chi connectivity index (χ2v) is 6.44. The molecule has 0 amide bonds. The molecule has 152 valence electrons. The van der Waals surface area contributed by atoms with Crippen LogP contribution in [-0.2, 0) is 17.6 Å². The van der Waals surface area contributed by atoms with E-state index in [2.05, 4.69) is 10.5 Å². The Balaban J connectivity index is 1.67. The maximum atomic E-state index is 13.5. The van der Waals surface area contributed by atoms with Crippen LogP contribution in [0.15, 0.2) is 48.5 Å². The van der Waals surface area contributed by atoms with Gasteiger partial charge in [-0.15, -0.1) is 0 Å². The van der Waals surface area contributed by atoms with Gasteiger partial charge in [0, 0.05) is 11.6 Å². The van der Waals surface area contributed by atoms with E-state index in [4.69, 9.17) is 14.3 Å². The number of hydrogen-bond donors (Lipinski definition) is 1. The number of methoxy groups -OCH3 is 2. The zero-order chi connectivity index (χ0) is 20.6. The van der Waals surface area contributed by atoms with Crippen LogP contribution in [0.3, 0.4) is 0 Å². The van der Waals surface area contributed by atoms with E-state index in [1.165, 1.54) is 7.11 Å². The van der Waals surface area contributed by atoms with E-state index in [0.29, 0.717) is 28.3 Å². The maximum Gasteiger partial charge on any atom is 0.449 e. The number of ether oxygens (including phenoxy) is 2. The van der Waals surface area contributed by atoms with Gasteiger partial charge in [0.1, 0.15) is 17.6 Å². The summed E-state index contributed by atoms with van der Waals surface area (Å²) in [6, 6.07) is 11.8. The van der Waals surface area contributed by atoms with Crippen LogP contribution in [0.2, 0.25) is 0 Å². The molecule has 0 saturated carbocycles. The second kappa shape index (κ2) is 7.32. The van der Waals surface area contributed by atoms with Gasteiger partial charge in [-0.2, -0.15) is 13.2 Å². The normalized spacial score (nSPS) is 16.6. The minimum absolute atomic E-state index is 0.0513. The molecule has 6 nitrogen and oxygen atoms in total. The van der Waals surface area contributed by atoms with E-state index < -0.39 is 18.1 Å². The molecular formula is C20H18F3N3O3. The Hall–Kier alpha value is -3.20. The monoisotopic (exact) mass is 405 g/mol. The van der Waals surface area contributed by atoms with E-state index in [1.54, 1.807) is 55.7 Å². The Kier molecular flexibility index (Phi) is 4.83. The minimum atomic E-state index is -4.57. The molecule has 4 rings (SSSR count). The Morgan fingerprint density at radius 2 is 1.93 bits per heavy atom. The molecule has 29 heavy (non-hydrogen) atoms. The lowest BCUT2D eigenvalue weighted by molar-refractivity contribution is -0.147. The molecule has 2 aromatic carbocycles. The first-order valence-corrected chi connectivity index (χ1v) is 8.79. The molecule has 0 radical (unpaired) electrons. The fourth-order valence-electron chi connectivity index (χ4n) is 3.31. The number of hydrogen-bond acceptors (Lipinski definition) is 5. The largest absolute Gasteiger partial charge is 0.497 e. The predicted molar refractivity (Wildman–Crippen MR) is 100 cm³/mol. The van der Waals surface area contributed by atoms with Gasteiger partial charge in [0.15, 0.2) is 0 Å². The second-order valence-electron chi connectivity index (χ2n) is 6.44. The average Bonchev–Trinajstić information content (AvgIpc) is 3.33. The van der Waals surface area contributed by atoms with E-state index in [1.807, 2.05) is 0 Å². The summed E-state index contributed by atoms with van der Waals surface area (Å²) in [4.78, 5) is 9.28. The number of nitrogens with one attached hydrogen (secondary N) is 1. The van der Waals surface area contributed by atoms with E-state index in [9.17, 15) is 13.2 Å². The summed E-state index contributed by atoms with van der Waals surface area (Å²) in [5, 5.41) is 0. The van der Waals surface area contributed by atoms with Crippen molar-refractivity contribution in [3.63, 3.8) is 0 Å². The van der Waals surface area contributed by atoms with Crippen LogP contribution < -0.4 is 15.0 Å². The number of aromatic nitrogens is 2. The van der Waals surface area contributed by atoms with Crippen LogP contribution >= 0.6 is 0 Å². The number of imidazole rings is 1. The third-order valence-electron chi connectivity index (χ3n) is 4.64. The van der Waals surface area contributed by atoms with Gasteiger partial charge < -0.3 is 14.0 Å². The van der Waals surface area contributed by atoms with Crippen molar-refractivity contribution in [3.8, 4) is 11.5 Å². The quantitative estimate of drug-likeness (QED) is 0.695. The van der Waals surface area contributed by atoms with E-state index in [-0.39, 0.29) is 12.1 Å². The average molecular weight is 405 g/mol. The van der Waals surface area contributed by atoms with Crippen LogP contribution in [-0.4, -0.2) is 29.9 Å². The zero-order valence-electron chi connectivity index (χ0n) is 15.7. The molecule has 1 aliphatic heterocycles. The summed E-state index contributed by atoms with van der Waals surface area (Å²) in [6.45, 7) is -0.0513. The number of benzene rings is 2. The standard InChI is InChI=1S/C20H18F3N3O3/c1-27-12-7-8-14(18(10-12)28-2)16-9-13(29-25-16)11-26-17-6-4-3-5-15(17)24-19(26)20(21,22)23/h3-10,13,25H,11H2,1-2H3/t13-/m1/s1. The SMILES string of the molecule is COc1ccc(C2=C[C@H](Cn3c(C(F)(F)F)nc4ccccc43)ON2)c(OC)c1. The number of para-hydroxylation sites is 2. The van der Waals surface area contributed by atoms with Crippen molar-refractivity contribution in [1.29, 1.82) is 0 Å². The highest BCUT2D eigenvalue weighted by atomic mass is 19.4. The van der Waals surface area contributed by atoms with E-state index >= 15 is 0 Å². The Labute approximate surface area is 164 Å². The first kappa shape index (κ1) is 19.1. The number of nitrogens with zero attached hydrogens (tertiary/aromatic N) is 2. The van der Waals surface area contributed by atoms with Gasteiger partial charge in [0.05, 0.1) is 37.5 Å². The van der Waals surface area contributed by atoms with Crippen molar-refractivity contribution < 1.29 is 27.5 Å². The molecule has 1 aliphatic rings. The maximum absolute atomic E-state index is 13.5. The molecule has 1 aromatic heterocycles. The van der Waals surface area contributed by atoms with Gasteiger partial charge in [-0.1, -0.05) is 12.1 Å². The molecule has 9 heteroatoms.